The van der Waals surface area contributed by atoms with E-state index in [1.165, 1.54) is 6.07 Å². The number of hydrogen-bond acceptors (Lipinski definition) is 7. The molecule has 0 aliphatic rings. The molecule has 0 unspecified atom stereocenters. The quantitative estimate of drug-likeness (QED) is 0.481. The van der Waals surface area contributed by atoms with E-state index in [9.17, 15) is 10.2 Å². The van der Waals surface area contributed by atoms with Crippen LogP contribution >= 0.6 is 0 Å². The molecular weight excluding hydrogens is 382 g/mol. The number of phenols is 2. The van der Waals surface area contributed by atoms with Crippen LogP contribution in [0.2, 0.25) is 0 Å². The first-order valence-electron chi connectivity index (χ1n) is 9.15. The Bertz CT molecular complexity index is 1110. The molecule has 150 valence electrons. The summed E-state index contributed by atoms with van der Waals surface area (Å²) in [6.45, 7) is 0. The second-order valence-electron chi connectivity index (χ2n) is 6.44. The number of ether oxygens (including phenoxy) is 2. The molecule has 0 amide bonds. The third kappa shape index (κ3) is 3.73. The van der Waals surface area contributed by atoms with Crippen LogP contribution in [0.5, 0.6) is 23.0 Å². The molecule has 2 N–H and O–H groups in total. The van der Waals surface area contributed by atoms with Crippen LogP contribution < -0.4 is 9.47 Å². The van der Waals surface area contributed by atoms with Crippen molar-refractivity contribution < 1.29 is 19.7 Å². The predicted molar refractivity (Wildman–Crippen MR) is 113 cm³/mol. The summed E-state index contributed by atoms with van der Waals surface area (Å²) in [7, 11) is 3.20. The van der Waals surface area contributed by atoms with E-state index in [4.69, 9.17) is 9.47 Å². The number of benzene rings is 3. The van der Waals surface area contributed by atoms with Crippen LogP contribution in [0.3, 0.4) is 0 Å². The fourth-order valence-corrected chi connectivity index (χ4v) is 2.95. The number of hydrogen-bond donors (Lipinski definition) is 2. The van der Waals surface area contributed by atoms with Gasteiger partial charge >= 0.3 is 0 Å². The fraction of sp³-hybridized carbons (Fsp3) is 0.0870. The Morgan fingerprint density at radius 3 is 1.53 bits per heavy atom. The van der Waals surface area contributed by atoms with Gasteiger partial charge < -0.3 is 19.7 Å². The zero-order valence-electron chi connectivity index (χ0n) is 16.4. The normalized spacial score (nSPS) is 10.6. The SMILES string of the molecule is COc1ccc(-c2nc(-c3ccc(OC)cc3)nc(-c3cccc(O)c3O)n2)cc1. The highest BCUT2D eigenvalue weighted by Gasteiger charge is 2.16. The summed E-state index contributed by atoms with van der Waals surface area (Å²) in [6.07, 6.45) is 0. The van der Waals surface area contributed by atoms with Gasteiger partial charge in [0.25, 0.3) is 0 Å². The largest absolute Gasteiger partial charge is 0.504 e. The Labute approximate surface area is 173 Å². The van der Waals surface area contributed by atoms with Crippen LogP contribution in [0.1, 0.15) is 0 Å². The first-order valence-corrected chi connectivity index (χ1v) is 9.15. The average Bonchev–Trinajstić information content (AvgIpc) is 2.80. The summed E-state index contributed by atoms with van der Waals surface area (Å²) < 4.78 is 10.4. The van der Waals surface area contributed by atoms with Gasteiger partial charge in [-0.05, 0) is 60.7 Å². The van der Waals surface area contributed by atoms with E-state index >= 15 is 0 Å². The van der Waals surface area contributed by atoms with Crippen molar-refractivity contribution in [3.63, 3.8) is 0 Å². The minimum atomic E-state index is -0.287. The van der Waals surface area contributed by atoms with Crippen LogP contribution in [-0.2, 0) is 0 Å². The highest BCUT2D eigenvalue weighted by Crippen LogP contribution is 2.36. The number of nitrogens with zero attached hydrogens (tertiary/aromatic N) is 3. The average molecular weight is 401 g/mol. The molecule has 0 radical (unpaired) electrons. The van der Waals surface area contributed by atoms with Gasteiger partial charge in [-0.15, -0.1) is 0 Å². The van der Waals surface area contributed by atoms with Crippen LogP contribution in [0.4, 0.5) is 0 Å². The third-order valence-electron chi connectivity index (χ3n) is 4.59. The lowest BCUT2D eigenvalue weighted by Gasteiger charge is -2.10. The summed E-state index contributed by atoms with van der Waals surface area (Å²) in [5, 5.41) is 20.2. The second kappa shape index (κ2) is 8.08. The Kier molecular flexibility index (Phi) is 5.17. The van der Waals surface area contributed by atoms with E-state index in [2.05, 4.69) is 15.0 Å². The molecule has 0 fully saturated rings. The number of methoxy groups -OCH3 is 2. The van der Waals surface area contributed by atoms with Crippen molar-refractivity contribution in [2.45, 2.75) is 0 Å². The maximum absolute atomic E-state index is 10.3. The van der Waals surface area contributed by atoms with E-state index < -0.39 is 0 Å². The van der Waals surface area contributed by atoms with Crippen LogP contribution in [0, 0.1) is 0 Å². The predicted octanol–water partition coefficient (Wildman–Crippen LogP) is 4.30. The highest BCUT2D eigenvalue weighted by molar-refractivity contribution is 5.72. The summed E-state index contributed by atoms with van der Waals surface area (Å²) in [5.74, 6) is 2.00. The van der Waals surface area contributed by atoms with E-state index in [0.29, 0.717) is 28.7 Å². The fourth-order valence-electron chi connectivity index (χ4n) is 2.95. The van der Waals surface area contributed by atoms with Gasteiger partial charge in [0.1, 0.15) is 11.5 Å². The molecule has 0 saturated carbocycles. The molecule has 0 aliphatic carbocycles. The molecule has 4 rings (SSSR count). The Balaban J connectivity index is 1.89. The molecule has 3 aromatic carbocycles. The molecule has 0 aliphatic heterocycles. The maximum Gasteiger partial charge on any atom is 0.168 e. The van der Waals surface area contributed by atoms with Crippen molar-refractivity contribution in [1.29, 1.82) is 0 Å². The summed E-state index contributed by atoms with van der Waals surface area (Å²) >= 11 is 0. The van der Waals surface area contributed by atoms with Crippen LogP contribution in [0.25, 0.3) is 34.2 Å². The first-order chi connectivity index (χ1) is 14.6. The summed E-state index contributed by atoms with van der Waals surface area (Å²) in [4.78, 5) is 13.7. The molecular formula is C23H19N3O4. The summed E-state index contributed by atoms with van der Waals surface area (Å²) in [6, 6.07) is 19.3. The van der Waals surface area contributed by atoms with E-state index in [1.54, 1.807) is 26.4 Å². The maximum atomic E-state index is 10.3. The number of aromatic hydroxyl groups is 2. The summed E-state index contributed by atoms with van der Waals surface area (Å²) in [5.41, 5.74) is 1.82. The van der Waals surface area contributed by atoms with Crippen molar-refractivity contribution >= 4 is 0 Å². The molecule has 0 saturated heterocycles. The van der Waals surface area contributed by atoms with Gasteiger partial charge in [0.15, 0.2) is 29.0 Å². The van der Waals surface area contributed by atoms with E-state index in [0.717, 1.165) is 11.1 Å². The second-order valence-corrected chi connectivity index (χ2v) is 6.44. The molecule has 30 heavy (non-hydrogen) atoms. The zero-order chi connectivity index (χ0) is 21.1. The zero-order valence-corrected chi connectivity index (χ0v) is 16.4. The molecule has 0 spiro atoms. The van der Waals surface area contributed by atoms with Crippen molar-refractivity contribution in [1.82, 2.24) is 15.0 Å². The van der Waals surface area contributed by atoms with E-state index in [1.807, 2.05) is 48.5 Å². The molecule has 0 atom stereocenters. The van der Waals surface area contributed by atoms with E-state index in [-0.39, 0.29) is 17.3 Å². The molecule has 4 aromatic rings. The van der Waals surface area contributed by atoms with Gasteiger partial charge in [-0.3, -0.25) is 0 Å². The first kappa shape index (κ1) is 19.2. The lowest BCUT2D eigenvalue weighted by molar-refractivity contribution is 0.405. The number of rotatable bonds is 5. The minimum absolute atomic E-state index is 0.245. The Hall–Kier alpha value is -4.13. The third-order valence-corrected chi connectivity index (χ3v) is 4.59. The highest BCUT2D eigenvalue weighted by atomic mass is 16.5. The van der Waals surface area contributed by atoms with Crippen molar-refractivity contribution in [3.05, 3.63) is 66.7 Å². The van der Waals surface area contributed by atoms with Gasteiger partial charge in [-0.2, -0.15) is 0 Å². The van der Waals surface area contributed by atoms with Crippen molar-refractivity contribution in [3.8, 4) is 57.2 Å². The van der Waals surface area contributed by atoms with Crippen LogP contribution in [0.15, 0.2) is 66.7 Å². The van der Waals surface area contributed by atoms with Gasteiger partial charge in [0.05, 0.1) is 19.8 Å². The van der Waals surface area contributed by atoms with Crippen molar-refractivity contribution in [2.75, 3.05) is 14.2 Å². The standard InChI is InChI=1S/C23H19N3O4/c1-29-16-10-6-14(7-11-16)21-24-22(15-8-12-17(30-2)13-9-15)26-23(25-21)18-4-3-5-19(27)20(18)28/h3-13,27-28H,1-2H3. The van der Waals surface area contributed by atoms with Crippen molar-refractivity contribution in [2.24, 2.45) is 0 Å². The topological polar surface area (TPSA) is 97.6 Å². The molecule has 7 heteroatoms. The van der Waals surface area contributed by atoms with Gasteiger partial charge in [0.2, 0.25) is 0 Å². The van der Waals surface area contributed by atoms with Gasteiger partial charge in [-0.1, -0.05) is 6.07 Å². The Morgan fingerprint density at radius 1 is 0.600 bits per heavy atom. The minimum Gasteiger partial charge on any atom is -0.504 e. The Morgan fingerprint density at radius 2 is 1.07 bits per heavy atom. The molecule has 7 nitrogen and oxygen atoms in total. The lowest BCUT2D eigenvalue weighted by Crippen LogP contribution is -2.00. The molecule has 1 heterocycles. The lowest BCUT2D eigenvalue weighted by atomic mass is 10.1. The monoisotopic (exact) mass is 401 g/mol. The van der Waals surface area contributed by atoms with Gasteiger partial charge in [-0.25, -0.2) is 15.0 Å². The van der Waals surface area contributed by atoms with Gasteiger partial charge in [0, 0.05) is 11.1 Å². The smallest absolute Gasteiger partial charge is 0.168 e. The number of aromatic nitrogens is 3. The number of phenolic OH excluding ortho intramolecular Hbond substituents is 2. The molecule has 1 aromatic heterocycles. The molecule has 0 bridgehead atoms. The van der Waals surface area contributed by atoms with Crippen LogP contribution in [-0.4, -0.2) is 39.4 Å². The number of para-hydroxylation sites is 1.